The Bertz CT molecular complexity index is 2420. The second-order valence-corrected chi connectivity index (χ2v) is 11.6. The van der Waals surface area contributed by atoms with Gasteiger partial charge < -0.3 is 8.83 Å². The van der Waals surface area contributed by atoms with Crippen molar-refractivity contribution in [3.8, 4) is 22.3 Å². The van der Waals surface area contributed by atoms with Gasteiger partial charge in [0, 0.05) is 38.7 Å². The predicted molar refractivity (Wildman–Crippen MR) is 183 cm³/mol. The average molecular weight is 565 g/mol. The standard InChI is InChI=1S/C42H28O2/c1-3-11-27(12-4-1)29-15-7-17-31(23-29)33-19-9-21-35-37-25-38-36-22-10-20-34(42(36)44-40(38)26-39(37)43-41(33)35)32-18-8-16-30(24-32)28-13-5-2-6-14-28/h1-7,9-15,17-26H,8,16H2. The number of furan rings is 2. The van der Waals surface area contributed by atoms with Crippen molar-refractivity contribution < 1.29 is 8.83 Å². The molecule has 2 heteroatoms. The molecule has 1 aliphatic carbocycles. The van der Waals surface area contributed by atoms with E-state index in [2.05, 4.69) is 146 Å². The molecule has 6 aromatic carbocycles. The van der Waals surface area contributed by atoms with Crippen LogP contribution in [0.5, 0.6) is 0 Å². The van der Waals surface area contributed by atoms with Crippen molar-refractivity contribution in [3.63, 3.8) is 0 Å². The third-order valence-electron chi connectivity index (χ3n) is 8.96. The van der Waals surface area contributed by atoms with E-state index in [1.165, 1.54) is 27.8 Å². The first-order valence-corrected chi connectivity index (χ1v) is 15.2. The molecule has 2 heterocycles. The summed E-state index contributed by atoms with van der Waals surface area (Å²) in [6, 6.07) is 47.1. The third-order valence-corrected chi connectivity index (χ3v) is 8.96. The van der Waals surface area contributed by atoms with Crippen molar-refractivity contribution in [1.29, 1.82) is 0 Å². The van der Waals surface area contributed by atoms with Crippen LogP contribution < -0.4 is 0 Å². The molecule has 0 spiro atoms. The molecule has 44 heavy (non-hydrogen) atoms. The summed E-state index contributed by atoms with van der Waals surface area (Å²) in [5.41, 5.74) is 13.1. The van der Waals surface area contributed by atoms with Crippen molar-refractivity contribution in [3.05, 3.63) is 157 Å². The largest absolute Gasteiger partial charge is 0.455 e. The molecule has 0 atom stereocenters. The molecule has 0 saturated heterocycles. The van der Waals surface area contributed by atoms with Gasteiger partial charge in [0.25, 0.3) is 0 Å². The maximum absolute atomic E-state index is 6.63. The highest BCUT2D eigenvalue weighted by Crippen LogP contribution is 2.42. The normalized spacial score (nSPS) is 13.5. The summed E-state index contributed by atoms with van der Waals surface area (Å²) in [6.07, 6.45) is 6.73. The number of benzene rings is 6. The van der Waals surface area contributed by atoms with E-state index in [9.17, 15) is 0 Å². The van der Waals surface area contributed by atoms with Gasteiger partial charge in [-0.1, -0.05) is 127 Å². The summed E-state index contributed by atoms with van der Waals surface area (Å²) in [4.78, 5) is 0. The molecule has 0 amide bonds. The van der Waals surface area contributed by atoms with Crippen LogP contribution in [0.25, 0.3) is 77.3 Å². The van der Waals surface area contributed by atoms with Gasteiger partial charge in [0.05, 0.1) is 0 Å². The highest BCUT2D eigenvalue weighted by Gasteiger charge is 2.19. The number of allylic oxidation sites excluding steroid dienone is 4. The van der Waals surface area contributed by atoms with Crippen LogP contribution in [-0.4, -0.2) is 0 Å². The van der Waals surface area contributed by atoms with Crippen LogP contribution >= 0.6 is 0 Å². The van der Waals surface area contributed by atoms with Crippen molar-refractivity contribution in [2.24, 2.45) is 0 Å². The van der Waals surface area contributed by atoms with Gasteiger partial charge in [0.2, 0.25) is 0 Å². The molecule has 0 N–H and O–H groups in total. The minimum atomic E-state index is 0.836. The Morgan fingerprint density at radius 3 is 1.75 bits per heavy atom. The minimum absolute atomic E-state index is 0.836. The molecule has 0 unspecified atom stereocenters. The molecule has 0 bridgehead atoms. The Morgan fingerprint density at radius 1 is 0.432 bits per heavy atom. The number of rotatable bonds is 4. The Kier molecular flexibility index (Phi) is 5.67. The quantitative estimate of drug-likeness (QED) is 0.212. The molecule has 0 fully saturated rings. The summed E-state index contributed by atoms with van der Waals surface area (Å²) in [5.74, 6) is 0. The van der Waals surface area contributed by atoms with Gasteiger partial charge in [-0.05, 0) is 58.4 Å². The molecule has 1 aliphatic rings. The zero-order valence-corrected chi connectivity index (χ0v) is 24.1. The van der Waals surface area contributed by atoms with Crippen LogP contribution in [0, 0.1) is 0 Å². The zero-order chi connectivity index (χ0) is 29.0. The van der Waals surface area contributed by atoms with Gasteiger partial charge in [-0.25, -0.2) is 0 Å². The second kappa shape index (κ2) is 10.00. The molecule has 0 aliphatic heterocycles. The number of para-hydroxylation sites is 2. The van der Waals surface area contributed by atoms with Gasteiger partial charge in [-0.3, -0.25) is 0 Å². The highest BCUT2D eigenvalue weighted by atomic mass is 16.3. The van der Waals surface area contributed by atoms with Gasteiger partial charge in [0.1, 0.15) is 22.3 Å². The summed E-state index contributed by atoms with van der Waals surface area (Å²) in [5, 5.41) is 4.45. The van der Waals surface area contributed by atoms with Crippen molar-refractivity contribution >= 4 is 55.0 Å². The van der Waals surface area contributed by atoms with E-state index in [1.807, 2.05) is 0 Å². The third kappa shape index (κ3) is 4.03. The topological polar surface area (TPSA) is 26.3 Å². The van der Waals surface area contributed by atoms with E-state index >= 15 is 0 Å². The number of fused-ring (bicyclic) bond motifs is 6. The molecule has 9 rings (SSSR count). The van der Waals surface area contributed by atoms with Crippen LogP contribution in [0.4, 0.5) is 0 Å². The zero-order valence-electron chi connectivity index (χ0n) is 24.1. The monoisotopic (exact) mass is 564 g/mol. The van der Waals surface area contributed by atoms with Crippen molar-refractivity contribution in [2.75, 3.05) is 0 Å². The van der Waals surface area contributed by atoms with E-state index in [4.69, 9.17) is 8.83 Å². The second-order valence-electron chi connectivity index (χ2n) is 11.6. The lowest BCUT2D eigenvalue weighted by atomic mass is 9.90. The van der Waals surface area contributed by atoms with Crippen molar-refractivity contribution in [1.82, 2.24) is 0 Å². The predicted octanol–water partition coefficient (Wildman–Crippen LogP) is 12.1. The summed E-state index contributed by atoms with van der Waals surface area (Å²) < 4.78 is 13.2. The molecule has 2 nitrogen and oxygen atoms in total. The molecular formula is C42H28O2. The van der Waals surface area contributed by atoms with Crippen LogP contribution in [0.2, 0.25) is 0 Å². The lowest BCUT2D eigenvalue weighted by Gasteiger charge is -2.15. The molecule has 2 aromatic heterocycles. The van der Waals surface area contributed by atoms with Gasteiger partial charge in [-0.15, -0.1) is 0 Å². The van der Waals surface area contributed by atoms with E-state index in [0.29, 0.717) is 0 Å². The minimum Gasteiger partial charge on any atom is -0.455 e. The maximum Gasteiger partial charge on any atom is 0.143 e. The van der Waals surface area contributed by atoms with E-state index < -0.39 is 0 Å². The SMILES string of the molecule is C1=C(c2ccccc2)CCC=C1c1cccc2c1oc1cc3oc4c(-c5cccc(-c6ccccc6)c5)cccc4c3cc12. The fourth-order valence-corrected chi connectivity index (χ4v) is 6.81. The summed E-state index contributed by atoms with van der Waals surface area (Å²) >= 11 is 0. The molecule has 8 aromatic rings. The lowest BCUT2D eigenvalue weighted by Crippen LogP contribution is -1.93. The van der Waals surface area contributed by atoms with Crippen LogP contribution in [0.1, 0.15) is 24.0 Å². The average Bonchev–Trinajstić information content (AvgIpc) is 3.65. The first kappa shape index (κ1) is 24.9. The van der Waals surface area contributed by atoms with Gasteiger partial charge >= 0.3 is 0 Å². The maximum atomic E-state index is 6.63. The fraction of sp³-hybridized carbons (Fsp3) is 0.0476. The summed E-state index contributed by atoms with van der Waals surface area (Å²) in [6.45, 7) is 0. The van der Waals surface area contributed by atoms with Crippen LogP contribution in [0.15, 0.2) is 154 Å². The first-order valence-electron chi connectivity index (χ1n) is 15.2. The van der Waals surface area contributed by atoms with E-state index in [-0.39, 0.29) is 0 Å². The van der Waals surface area contributed by atoms with Crippen LogP contribution in [0.3, 0.4) is 0 Å². The Labute approximate surface area is 255 Å². The Hall–Kier alpha value is -5.60. The van der Waals surface area contributed by atoms with Gasteiger partial charge in [0.15, 0.2) is 0 Å². The first-order chi connectivity index (χ1) is 21.8. The van der Waals surface area contributed by atoms with Crippen LogP contribution in [-0.2, 0) is 0 Å². The van der Waals surface area contributed by atoms with E-state index in [0.717, 1.165) is 73.4 Å². The van der Waals surface area contributed by atoms with Crippen molar-refractivity contribution in [2.45, 2.75) is 12.8 Å². The smallest absolute Gasteiger partial charge is 0.143 e. The Morgan fingerprint density at radius 2 is 1.02 bits per heavy atom. The number of hydrogen-bond acceptors (Lipinski definition) is 2. The lowest BCUT2D eigenvalue weighted by molar-refractivity contribution is 0.656. The highest BCUT2D eigenvalue weighted by molar-refractivity contribution is 6.18. The number of hydrogen-bond donors (Lipinski definition) is 0. The molecule has 0 saturated carbocycles. The van der Waals surface area contributed by atoms with Gasteiger partial charge in [-0.2, -0.15) is 0 Å². The van der Waals surface area contributed by atoms with E-state index in [1.54, 1.807) is 0 Å². The summed E-state index contributed by atoms with van der Waals surface area (Å²) in [7, 11) is 0. The fourth-order valence-electron chi connectivity index (χ4n) is 6.81. The molecule has 208 valence electrons. The molecular weight excluding hydrogens is 536 g/mol. The molecule has 0 radical (unpaired) electrons. The Balaban J connectivity index is 1.18.